The smallest absolute Gasteiger partial charge is 0.361 e. The minimum atomic E-state index is -0.935. The van der Waals surface area contributed by atoms with Gasteiger partial charge in [-0.3, -0.25) is 4.65 Å². The minimum Gasteiger partial charge on any atom is -0.622 e. The summed E-state index contributed by atoms with van der Waals surface area (Å²) in [5, 5.41) is 23.8. The molecular formula is C23H31Br2N5O3S. The average molecular weight is 617 g/mol. The van der Waals surface area contributed by atoms with Crippen molar-refractivity contribution in [2.45, 2.75) is 63.4 Å². The second kappa shape index (κ2) is 13.2. The van der Waals surface area contributed by atoms with Gasteiger partial charge in [0, 0.05) is 28.5 Å². The molecule has 3 rings (SSSR count). The van der Waals surface area contributed by atoms with E-state index in [0.717, 1.165) is 54.6 Å². The van der Waals surface area contributed by atoms with E-state index in [4.69, 9.17) is 4.74 Å². The van der Waals surface area contributed by atoms with Gasteiger partial charge in [-0.25, -0.2) is 14.7 Å². The number of hydrogen-bond donors (Lipinski definition) is 0. The first kappa shape index (κ1) is 27.3. The van der Waals surface area contributed by atoms with Crippen LogP contribution in [-0.4, -0.2) is 56.9 Å². The number of nitrogens with zero attached hydrogens (tertiary/aromatic N) is 5. The van der Waals surface area contributed by atoms with Crippen LogP contribution in [0.2, 0.25) is 0 Å². The number of hydrogen-bond acceptors (Lipinski definition) is 8. The van der Waals surface area contributed by atoms with Crippen molar-refractivity contribution in [2.24, 2.45) is 0 Å². The van der Waals surface area contributed by atoms with E-state index in [-0.39, 0.29) is 12.4 Å². The molecule has 1 aliphatic heterocycles. The van der Waals surface area contributed by atoms with Gasteiger partial charge < -0.3 is 9.94 Å². The number of rotatable bonds is 12. The standard InChI is InChI=1S/C23H31Br2N5O3S/c1-3-5-7-8-12-29-15-21(33-22(31)19-13-18(25)10-11-26-19)30(32,16-29)23-28-27-20(34-23)14-17(24)9-6-4-2/h3,5,10-11,13,17,21H,4,6-9,12,14-16H2,1-2H3. The monoisotopic (exact) mass is 615 g/mol. The lowest BCUT2D eigenvalue weighted by Crippen LogP contribution is -2.51. The molecule has 8 nitrogen and oxygen atoms in total. The van der Waals surface area contributed by atoms with E-state index in [1.54, 1.807) is 12.1 Å². The molecule has 0 radical (unpaired) electrons. The highest BCUT2D eigenvalue weighted by Gasteiger charge is 2.46. The molecular weight excluding hydrogens is 586 g/mol. The van der Waals surface area contributed by atoms with Crippen molar-refractivity contribution in [3.63, 3.8) is 0 Å². The van der Waals surface area contributed by atoms with E-state index in [1.807, 2.05) is 17.9 Å². The van der Waals surface area contributed by atoms with Crippen LogP contribution >= 0.6 is 43.2 Å². The predicted molar refractivity (Wildman–Crippen MR) is 143 cm³/mol. The molecule has 0 N–H and O–H groups in total. The van der Waals surface area contributed by atoms with Crippen LogP contribution < -0.4 is 4.65 Å². The van der Waals surface area contributed by atoms with Crippen molar-refractivity contribution in [3.8, 4) is 0 Å². The van der Waals surface area contributed by atoms with Crippen LogP contribution in [0.4, 0.5) is 5.13 Å². The third kappa shape index (κ3) is 7.38. The molecule has 2 aromatic rings. The van der Waals surface area contributed by atoms with E-state index in [2.05, 4.69) is 60.0 Å². The number of carbonyl (C=O) groups excluding carboxylic acids is 1. The zero-order chi connectivity index (χ0) is 24.6. The third-order valence-electron chi connectivity index (χ3n) is 5.59. The van der Waals surface area contributed by atoms with Crippen LogP contribution in [0.5, 0.6) is 0 Å². The Labute approximate surface area is 221 Å². The Hall–Kier alpha value is -1.24. The Bertz CT molecular complexity index is 976. The van der Waals surface area contributed by atoms with Gasteiger partial charge in [0.2, 0.25) is 0 Å². The molecule has 0 bridgehead atoms. The van der Waals surface area contributed by atoms with Crippen LogP contribution in [0.3, 0.4) is 0 Å². The van der Waals surface area contributed by atoms with E-state index in [0.29, 0.717) is 16.5 Å². The molecule has 0 saturated carbocycles. The largest absolute Gasteiger partial charge is 0.622 e. The van der Waals surface area contributed by atoms with Crippen molar-refractivity contribution in [2.75, 3.05) is 19.8 Å². The molecule has 0 spiro atoms. The molecule has 3 heterocycles. The highest BCUT2D eigenvalue weighted by atomic mass is 79.9. The van der Waals surface area contributed by atoms with E-state index < -0.39 is 16.8 Å². The average Bonchev–Trinajstić information content (AvgIpc) is 3.40. The summed E-state index contributed by atoms with van der Waals surface area (Å²) in [6, 6.07) is 3.31. The summed E-state index contributed by atoms with van der Waals surface area (Å²) in [5.41, 5.74) is 0.156. The first-order chi connectivity index (χ1) is 16.4. The van der Waals surface area contributed by atoms with Crippen molar-refractivity contribution < 1.29 is 9.53 Å². The number of unbranched alkanes of at least 4 members (excludes halogenated alkanes) is 2. The second-order valence-corrected chi connectivity index (χ2v) is 11.6. The van der Waals surface area contributed by atoms with Crippen molar-refractivity contribution in [1.29, 1.82) is 0 Å². The maximum atomic E-state index is 14.1. The van der Waals surface area contributed by atoms with Gasteiger partial charge in [0.1, 0.15) is 17.4 Å². The molecule has 11 heteroatoms. The Morgan fingerprint density at radius 2 is 2.26 bits per heavy atom. The predicted octanol–water partition coefficient (Wildman–Crippen LogP) is 5.81. The number of esters is 1. The van der Waals surface area contributed by atoms with Gasteiger partial charge in [-0.05, 0) is 49.7 Å². The number of alkyl halides is 1. The number of halogens is 2. The Morgan fingerprint density at radius 1 is 1.44 bits per heavy atom. The molecule has 3 unspecified atom stereocenters. The molecule has 0 aromatic carbocycles. The van der Waals surface area contributed by atoms with Crippen LogP contribution in [0.15, 0.2) is 35.0 Å². The number of aromatic nitrogens is 3. The van der Waals surface area contributed by atoms with Crippen LogP contribution in [0.1, 0.15) is 61.4 Å². The summed E-state index contributed by atoms with van der Waals surface area (Å²) in [7, 11) is 0. The molecule has 1 fully saturated rings. The highest BCUT2D eigenvalue weighted by molar-refractivity contribution is 9.10. The number of quaternary nitrogens is 1. The molecule has 0 amide bonds. The first-order valence-corrected chi connectivity index (χ1v) is 14.1. The van der Waals surface area contributed by atoms with Crippen LogP contribution in [0.25, 0.3) is 0 Å². The molecule has 186 valence electrons. The van der Waals surface area contributed by atoms with Crippen molar-refractivity contribution >= 4 is 54.3 Å². The highest BCUT2D eigenvalue weighted by Crippen LogP contribution is 2.35. The summed E-state index contributed by atoms with van der Waals surface area (Å²) in [6.45, 7) is 5.40. The first-order valence-electron chi connectivity index (χ1n) is 11.6. The van der Waals surface area contributed by atoms with Gasteiger partial charge in [0.25, 0.3) is 6.23 Å². The lowest BCUT2D eigenvalue weighted by atomic mass is 10.2. The molecule has 34 heavy (non-hydrogen) atoms. The molecule has 1 aliphatic rings. The van der Waals surface area contributed by atoms with E-state index >= 15 is 0 Å². The fraction of sp³-hybridized carbons (Fsp3) is 0.565. The number of pyridine rings is 1. The van der Waals surface area contributed by atoms with Crippen molar-refractivity contribution in [1.82, 2.24) is 24.7 Å². The number of ether oxygens (including phenoxy) is 1. The van der Waals surface area contributed by atoms with Crippen LogP contribution in [-0.2, 0) is 11.2 Å². The number of allylic oxidation sites excluding steroid dienone is 2. The maximum Gasteiger partial charge on any atom is 0.361 e. The van der Waals surface area contributed by atoms with E-state index in [1.165, 1.54) is 17.5 Å². The topological polar surface area (TPSA) is 91.3 Å². The fourth-order valence-corrected chi connectivity index (χ4v) is 5.93. The SMILES string of the molecule is CC=CCCCN1CC(OC(=O)c2cc(Br)ccn2)[N+]([O-])(c2nnc(CC(Br)CCCC)s2)C1. The maximum absolute atomic E-state index is 14.1. The quantitative estimate of drug-likeness (QED) is 0.0742. The molecule has 2 aromatic heterocycles. The Balaban J connectivity index is 1.76. The lowest BCUT2D eigenvalue weighted by molar-refractivity contribution is 0.00487. The summed E-state index contributed by atoms with van der Waals surface area (Å²) in [5.74, 6) is -0.620. The Kier molecular flexibility index (Phi) is 10.6. The second-order valence-electron chi connectivity index (χ2n) is 8.37. The third-order valence-corrected chi connectivity index (χ3v) is 7.92. The zero-order valence-electron chi connectivity index (χ0n) is 19.5. The van der Waals surface area contributed by atoms with Gasteiger partial charge in [0.15, 0.2) is 0 Å². The number of hydroxylamine groups is 2. The molecule has 1 saturated heterocycles. The summed E-state index contributed by atoms with van der Waals surface area (Å²) in [6.07, 6.45) is 10.6. The lowest BCUT2D eigenvalue weighted by Gasteiger charge is -2.38. The van der Waals surface area contributed by atoms with Gasteiger partial charge in [-0.1, -0.05) is 68.9 Å². The Morgan fingerprint density at radius 3 is 3.00 bits per heavy atom. The van der Waals surface area contributed by atoms with Gasteiger partial charge >= 0.3 is 11.1 Å². The summed E-state index contributed by atoms with van der Waals surface area (Å²) in [4.78, 5) is 19.2. The van der Waals surface area contributed by atoms with Gasteiger partial charge in [0.05, 0.1) is 6.54 Å². The molecule has 0 aliphatic carbocycles. The summed E-state index contributed by atoms with van der Waals surface area (Å²) < 4.78 is 5.61. The fourth-order valence-electron chi connectivity index (χ4n) is 3.76. The minimum absolute atomic E-state index is 0.156. The van der Waals surface area contributed by atoms with E-state index in [9.17, 15) is 10.0 Å². The number of carbonyl (C=O) groups is 1. The molecule has 3 atom stereocenters. The zero-order valence-corrected chi connectivity index (χ0v) is 23.5. The van der Waals surface area contributed by atoms with Gasteiger partial charge in [-0.15, -0.1) is 5.10 Å². The van der Waals surface area contributed by atoms with Gasteiger partial charge in [-0.2, -0.15) is 0 Å². The van der Waals surface area contributed by atoms with Crippen LogP contribution in [0, 0.1) is 5.21 Å². The van der Waals surface area contributed by atoms with Crippen molar-refractivity contribution in [3.05, 3.63) is 50.9 Å². The summed E-state index contributed by atoms with van der Waals surface area (Å²) >= 11 is 8.36. The normalized spacial score (nSPS) is 21.9.